The van der Waals surface area contributed by atoms with Crippen molar-refractivity contribution in [2.24, 2.45) is 5.41 Å². The minimum Gasteiger partial charge on any atom is -0.465 e. The lowest BCUT2D eigenvalue weighted by Crippen LogP contribution is -2.37. The van der Waals surface area contributed by atoms with E-state index >= 15 is 0 Å². The fourth-order valence-corrected chi connectivity index (χ4v) is 1.72. The second-order valence-corrected chi connectivity index (χ2v) is 4.74. The van der Waals surface area contributed by atoms with Crippen LogP contribution in [0.2, 0.25) is 0 Å². The van der Waals surface area contributed by atoms with Crippen LogP contribution in [-0.4, -0.2) is 18.4 Å². The zero-order chi connectivity index (χ0) is 15.2. The number of allylic oxidation sites excluding steroid dienone is 1. The number of Topliss-reactive ketones (excluding diaryl/α,β-unsaturated/α-hetero) is 1. The normalized spacial score (nSPS) is 13.2. The first-order chi connectivity index (χ1) is 9.40. The first-order valence-electron chi connectivity index (χ1n) is 6.49. The number of hydrogen-bond donors (Lipinski definition) is 0. The highest BCUT2D eigenvalue weighted by Gasteiger charge is 2.40. The summed E-state index contributed by atoms with van der Waals surface area (Å²) < 4.78 is 10.5. The molecule has 1 unspecified atom stereocenters. The number of para-hydroxylation sites is 1. The van der Waals surface area contributed by atoms with E-state index in [2.05, 4.69) is 6.58 Å². The van der Waals surface area contributed by atoms with E-state index in [9.17, 15) is 9.59 Å². The average molecular weight is 276 g/mol. The number of esters is 1. The van der Waals surface area contributed by atoms with Crippen molar-refractivity contribution in [1.82, 2.24) is 0 Å². The summed E-state index contributed by atoms with van der Waals surface area (Å²) in [7, 11) is 0. The van der Waals surface area contributed by atoms with Gasteiger partial charge in [0.25, 0.3) is 0 Å². The van der Waals surface area contributed by atoms with Crippen molar-refractivity contribution >= 4 is 11.8 Å². The number of ketones is 1. The van der Waals surface area contributed by atoms with Crippen molar-refractivity contribution in [3.05, 3.63) is 42.7 Å². The predicted octanol–water partition coefficient (Wildman–Crippen LogP) is 3.13. The van der Waals surface area contributed by atoms with Crippen molar-refractivity contribution in [2.75, 3.05) is 6.61 Å². The summed E-state index contributed by atoms with van der Waals surface area (Å²) >= 11 is 0. The summed E-state index contributed by atoms with van der Waals surface area (Å²) in [6.45, 7) is 8.63. The van der Waals surface area contributed by atoms with Gasteiger partial charge >= 0.3 is 5.97 Å². The van der Waals surface area contributed by atoms with Gasteiger partial charge < -0.3 is 9.47 Å². The number of ether oxygens (including phenoxy) is 2. The smallest absolute Gasteiger partial charge is 0.319 e. The Morgan fingerprint density at radius 2 is 1.85 bits per heavy atom. The molecule has 0 N–H and O–H groups in total. The molecule has 0 fully saturated rings. The van der Waals surface area contributed by atoms with Gasteiger partial charge in [-0.3, -0.25) is 9.59 Å². The van der Waals surface area contributed by atoms with Crippen LogP contribution in [0.4, 0.5) is 0 Å². The number of hydrogen-bond acceptors (Lipinski definition) is 4. The monoisotopic (exact) mass is 276 g/mol. The molecule has 0 aromatic heterocycles. The SMILES string of the molecule is C=C(CC(C)(C(C)=O)C(=O)OCC)Oc1ccccc1. The first kappa shape index (κ1) is 16.0. The van der Waals surface area contributed by atoms with E-state index in [0.29, 0.717) is 11.5 Å². The van der Waals surface area contributed by atoms with Crippen LogP contribution in [-0.2, 0) is 14.3 Å². The maximum absolute atomic E-state index is 12.0. The third-order valence-electron chi connectivity index (χ3n) is 3.06. The van der Waals surface area contributed by atoms with Crippen LogP contribution in [0.1, 0.15) is 27.2 Å². The average Bonchev–Trinajstić information content (AvgIpc) is 2.39. The first-order valence-corrected chi connectivity index (χ1v) is 6.49. The number of carbonyl (C=O) groups is 2. The Bertz CT molecular complexity index is 492. The molecule has 20 heavy (non-hydrogen) atoms. The Hall–Kier alpha value is -2.10. The number of carbonyl (C=O) groups excluding carboxylic acids is 2. The third-order valence-corrected chi connectivity index (χ3v) is 3.06. The molecule has 0 aliphatic rings. The van der Waals surface area contributed by atoms with Gasteiger partial charge in [0.2, 0.25) is 0 Å². The van der Waals surface area contributed by atoms with E-state index in [1.54, 1.807) is 26.0 Å². The predicted molar refractivity (Wildman–Crippen MR) is 76.2 cm³/mol. The maximum atomic E-state index is 12.0. The molecule has 0 spiro atoms. The Morgan fingerprint density at radius 3 is 2.35 bits per heavy atom. The molecule has 0 aliphatic heterocycles. The highest BCUT2D eigenvalue weighted by atomic mass is 16.5. The highest BCUT2D eigenvalue weighted by Crippen LogP contribution is 2.29. The van der Waals surface area contributed by atoms with Gasteiger partial charge in [-0.15, -0.1) is 0 Å². The van der Waals surface area contributed by atoms with E-state index in [-0.39, 0.29) is 18.8 Å². The second kappa shape index (κ2) is 6.89. The molecule has 0 amide bonds. The Morgan fingerprint density at radius 1 is 1.25 bits per heavy atom. The maximum Gasteiger partial charge on any atom is 0.319 e. The zero-order valence-electron chi connectivity index (χ0n) is 12.1. The quantitative estimate of drug-likeness (QED) is 0.436. The molecular formula is C16H20O4. The molecular weight excluding hydrogens is 256 g/mol. The van der Waals surface area contributed by atoms with Gasteiger partial charge in [-0.05, 0) is 32.9 Å². The van der Waals surface area contributed by atoms with Crippen LogP contribution < -0.4 is 4.74 Å². The zero-order valence-corrected chi connectivity index (χ0v) is 12.1. The van der Waals surface area contributed by atoms with Crippen molar-refractivity contribution in [3.63, 3.8) is 0 Å². The summed E-state index contributed by atoms with van der Waals surface area (Å²) in [6.07, 6.45) is 0.0933. The Kier molecular flexibility index (Phi) is 5.50. The van der Waals surface area contributed by atoms with Crippen LogP contribution in [0.3, 0.4) is 0 Å². The molecule has 0 saturated heterocycles. The molecule has 0 bridgehead atoms. The fraction of sp³-hybridized carbons (Fsp3) is 0.375. The van der Waals surface area contributed by atoms with Gasteiger partial charge in [0, 0.05) is 6.42 Å². The number of benzene rings is 1. The van der Waals surface area contributed by atoms with E-state index in [1.165, 1.54) is 6.92 Å². The van der Waals surface area contributed by atoms with Gasteiger partial charge in [0.1, 0.15) is 16.9 Å². The van der Waals surface area contributed by atoms with Crippen molar-refractivity contribution in [1.29, 1.82) is 0 Å². The van der Waals surface area contributed by atoms with Gasteiger partial charge in [-0.2, -0.15) is 0 Å². The molecule has 4 heteroatoms. The van der Waals surface area contributed by atoms with Crippen LogP contribution in [0.15, 0.2) is 42.7 Å². The second-order valence-electron chi connectivity index (χ2n) is 4.74. The molecule has 0 heterocycles. The molecule has 1 atom stereocenters. The van der Waals surface area contributed by atoms with E-state index < -0.39 is 11.4 Å². The topological polar surface area (TPSA) is 52.6 Å². The van der Waals surface area contributed by atoms with Crippen LogP contribution in [0.5, 0.6) is 5.75 Å². The lowest BCUT2D eigenvalue weighted by atomic mass is 9.82. The van der Waals surface area contributed by atoms with Crippen molar-refractivity contribution in [2.45, 2.75) is 27.2 Å². The molecule has 108 valence electrons. The van der Waals surface area contributed by atoms with Crippen molar-refractivity contribution in [3.8, 4) is 5.75 Å². The summed E-state index contributed by atoms with van der Waals surface area (Å²) in [5, 5.41) is 0. The summed E-state index contributed by atoms with van der Waals surface area (Å²) in [5.41, 5.74) is -1.26. The van der Waals surface area contributed by atoms with Crippen LogP contribution in [0.25, 0.3) is 0 Å². The lowest BCUT2D eigenvalue weighted by molar-refractivity contribution is -0.158. The largest absolute Gasteiger partial charge is 0.465 e. The van der Waals surface area contributed by atoms with Gasteiger partial charge in [0.15, 0.2) is 0 Å². The minimum absolute atomic E-state index is 0.0933. The highest BCUT2D eigenvalue weighted by molar-refractivity contribution is 6.02. The Labute approximate surface area is 119 Å². The summed E-state index contributed by atoms with van der Waals surface area (Å²) in [4.78, 5) is 23.7. The summed E-state index contributed by atoms with van der Waals surface area (Å²) in [5.74, 6) is 0.147. The van der Waals surface area contributed by atoms with E-state index in [4.69, 9.17) is 9.47 Å². The number of rotatable bonds is 7. The molecule has 0 aliphatic carbocycles. The molecule has 0 radical (unpaired) electrons. The Balaban J connectivity index is 2.78. The third kappa shape index (κ3) is 3.95. The fourth-order valence-electron chi connectivity index (χ4n) is 1.72. The van der Waals surface area contributed by atoms with Gasteiger partial charge in [-0.25, -0.2) is 0 Å². The molecule has 1 aromatic carbocycles. The van der Waals surface area contributed by atoms with E-state index in [0.717, 1.165) is 0 Å². The lowest BCUT2D eigenvalue weighted by Gasteiger charge is -2.25. The molecule has 0 saturated carbocycles. The van der Waals surface area contributed by atoms with Crippen LogP contribution in [0, 0.1) is 5.41 Å². The standard InChI is InChI=1S/C16H20O4/c1-5-19-15(18)16(4,13(3)17)11-12(2)20-14-9-7-6-8-10-14/h6-10H,2,5,11H2,1,3-4H3. The molecule has 1 aromatic rings. The van der Waals surface area contributed by atoms with Crippen molar-refractivity contribution < 1.29 is 19.1 Å². The molecule has 4 nitrogen and oxygen atoms in total. The van der Waals surface area contributed by atoms with Gasteiger partial charge in [-0.1, -0.05) is 24.8 Å². The summed E-state index contributed by atoms with van der Waals surface area (Å²) in [6, 6.07) is 9.09. The molecule has 1 rings (SSSR count). The van der Waals surface area contributed by atoms with E-state index in [1.807, 2.05) is 18.2 Å². The minimum atomic E-state index is -1.26. The van der Waals surface area contributed by atoms with Crippen LogP contribution >= 0.6 is 0 Å². The van der Waals surface area contributed by atoms with Gasteiger partial charge in [0.05, 0.1) is 12.4 Å².